The van der Waals surface area contributed by atoms with E-state index < -0.39 is 37.1 Å². The number of aliphatic hydroxyl groups excluding tert-OH is 3. The summed E-state index contributed by atoms with van der Waals surface area (Å²) in [4.78, 5) is 33.3. The van der Waals surface area contributed by atoms with Gasteiger partial charge in [-0.05, 0) is 24.0 Å². The number of carbonyl (C=O) groups is 2. The third kappa shape index (κ3) is 7.18. The Labute approximate surface area is 236 Å². The number of anilines is 4. The highest BCUT2D eigenvalue weighted by atomic mass is 35.5. The predicted molar refractivity (Wildman–Crippen MR) is 148 cm³/mol. The molecule has 2 aliphatic heterocycles. The number of carboxylic acid groups (broad SMARTS) is 1. The third-order valence-electron chi connectivity index (χ3n) is 6.48. The Kier molecular flexibility index (Phi) is 11.7. The molecule has 1 fully saturated rings. The van der Waals surface area contributed by atoms with Crippen molar-refractivity contribution in [3.05, 3.63) is 35.4 Å². The number of nitrogen functional groups attached to an aromatic ring is 1. The summed E-state index contributed by atoms with van der Waals surface area (Å²) in [6, 6.07) is 7.68. The highest BCUT2D eigenvalue weighted by Gasteiger charge is 2.49. The van der Waals surface area contributed by atoms with E-state index in [0.29, 0.717) is 25.1 Å². The topological polar surface area (TPSA) is 238 Å². The van der Waals surface area contributed by atoms with Crippen molar-refractivity contribution in [2.45, 2.75) is 57.1 Å². The number of aromatic nitrogens is 2. The summed E-state index contributed by atoms with van der Waals surface area (Å²) >= 11 is 0. The van der Waals surface area contributed by atoms with Gasteiger partial charge in [0.2, 0.25) is 11.9 Å². The first-order valence-electron chi connectivity index (χ1n) is 12.4. The van der Waals surface area contributed by atoms with E-state index in [2.05, 4.69) is 20.7 Å². The van der Waals surface area contributed by atoms with Crippen molar-refractivity contribution in [3.8, 4) is 0 Å². The van der Waals surface area contributed by atoms with Crippen molar-refractivity contribution >= 4 is 47.6 Å². The molecule has 1 aromatic carbocycles. The van der Waals surface area contributed by atoms with Crippen molar-refractivity contribution in [3.63, 3.8) is 0 Å². The maximum absolute atomic E-state index is 12.1. The largest absolute Gasteiger partial charge is 0.481 e. The number of rotatable bonds is 11. The molecule has 3 heterocycles. The predicted octanol–water partition coefficient (Wildman–Crippen LogP) is -1.21. The number of halogens is 1. The number of nitrogens with one attached hydrogen (secondary N) is 2. The van der Waals surface area contributed by atoms with E-state index in [-0.39, 0.29) is 60.9 Å². The summed E-state index contributed by atoms with van der Waals surface area (Å²) in [5, 5.41) is 43.8. The maximum atomic E-state index is 12.1. The van der Waals surface area contributed by atoms with Crippen LogP contribution in [0.25, 0.3) is 0 Å². The number of aliphatic carboxylic acids is 1. The molecule has 0 spiro atoms. The molecule has 4 rings (SSSR count). The molecule has 2 aromatic rings. The minimum Gasteiger partial charge on any atom is -0.481 e. The van der Waals surface area contributed by atoms with E-state index in [1.54, 1.807) is 11.8 Å². The molecule has 1 saturated heterocycles. The Morgan fingerprint density at radius 3 is 2.35 bits per heavy atom. The molecule has 1 aromatic heterocycles. The van der Waals surface area contributed by atoms with Crippen LogP contribution < -0.4 is 26.4 Å². The smallest absolute Gasteiger partial charge is 0.303 e. The van der Waals surface area contributed by atoms with Gasteiger partial charge in [0.1, 0.15) is 30.7 Å². The second-order valence-electron chi connectivity index (χ2n) is 9.15. The van der Waals surface area contributed by atoms with Crippen LogP contribution in [0.2, 0.25) is 0 Å². The van der Waals surface area contributed by atoms with E-state index >= 15 is 0 Å². The number of hydrogen-bond acceptors (Lipinski definition) is 12. The quantitative estimate of drug-likeness (QED) is 0.164. The third-order valence-corrected chi connectivity index (χ3v) is 6.48. The van der Waals surface area contributed by atoms with Gasteiger partial charge in [0.15, 0.2) is 17.9 Å². The van der Waals surface area contributed by atoms with Gasteiger partial charge >= 0.3 is 5.97 Å². The van der Waals surface area contributed by atoms with E-state index in [9.17, 15) is 24.9 Å². The van der Waals surface area contributed by atoms with Crippen LogP contribution in [-0.4, -0.2) is 92.1 Å². The molecule has 0 aliphatic carbocycles. The number of amides is 1. The Morgan fingerprint density at radius 2 is 1.77 bits per heavy atom. The van der Waals surface area contributed by atoms with E-state index in [1.165, 1.54) is 5.01 Å². The standard InChI is InChI=1S/C24H33N7O7.ClH.H2O/c1-2-16(33)29-31-12-30(23-20(37)19(36)15(11-32)38-23)22-18(31)21(25)27-24(28-22)26-10-9-14-5-3-13(4-6-14)7-8-17(34)35;;/h3-6,15,19-20,23,32,36-37H,2,7-12H2,1H3,(H,29,33)(H,34,35)(H3,25,26,27,28);1H;1H2/t15-,19?,20?,23-;;/m1../s1. The number of nitrogens with zero attached hydrogens (tertiary/aromatic N) is 4. The van der Waals surface area contributed by atoms with Crippen LogP contribution in [0.3, 0.4) is 0 Å². The van der Waals surface area contributed by atoms with Gasteiger partial charge in [-0.3, -0.25) is 20.0 Å². The molecule has 10 N–H and O–H groups in total. The molecular weight excluding hydrogens is 550 g/mol. The maximum Gasteiger partial charge on any atom is 0.303 e. The van der Waals surface area contributed by atoms with Gasteiger partial charge in [-0.25, -0.2) is 0 Å². The second kappa shape index (κ2) is 14.2. The minimum absolute atomic E-state index is 0. The number of carboxylic acids is 1. The monoisotopic (exact) mass is 585 g/mol. The lowest BCUT2D eigenvalue weighted by Gasteiger charge is -2.28. The van der Waals surface area contributed by atoms with Crippen LogP contribution >= 0.6 is 12.4 Å². The first kappa shape index (κ1) is 32.7. The average Bonchev–Trinajstić information content (AvgIpc) is 3.39. The second-order valence-corrected chi connectivity index (χ2v) is 9.15. The van der Waals surface area contributed by atoms with Crippen molar-refractivity contribution in [2.75, 3.05) is 40.8 Å². The van der Waals surface area contributed by atoms with Crippen LogP contribution in [0.1, 0.15) is 30.9 Å². The molecule has 0 saturated carbocycles. The van der Waals surface area contributed by atoms with Crippen LogP contribution in [0, 0.1) is 0 Å². The summed E-state index contributed by atoms with van der Waals surface area (Å²) in [5.41, 5.74) is 11.3. The Balaban J connectivity index is 0.00000280. The van der Waals surface area contributed by atoms with Gasteiger partial charge in [0.05, 0.1) is 6.61 Å². The zero-order valence-electron chi connectivity index (χ0n) is 21.9. The van der Waals surface area contributed by atoms with Crippen LogP contribution in [0.4, 0.5) is 23.3 Å². The zero-order chi connectivity index (χ0) is 27.4. The minimum atomic E-state index is -1.34. The first-order chi connectivity index (χ1) is 18.2. The first-order valence-corrected chi connectivity index (χ1v) is 12.4. The SMILES string of the molecule is CCC(=O)NN1CN([C@@H]2O[C@H](CO)C(O)C2O)c2nc(NCCc3ccc(CCC(=O)O)cc3)nc(N)c21.Cl.O. The molecule has 40 heavy (non-hydrogen) atoms. The lowest BCUT2D eigenvalue weighted by atomic mass is 10.1. The number of nitrogens with two attached hydrogens (primary N) is 1. The molecule has 1 amide bonds. The Hall–Kier alpha value is -3.47. The lowest BCUT2D eigenvalue weighted by molar-refractivity contribution is -0.137. The van der Waals surface area contributed by atoms with Crippen molar-refractivity contribution < 1.29 is 40.2 Å². The Bertz CT molecular complexity index is 1160. The lowest BCUT2D eigenvalue weighted by Crippen LogP contribution is -2.50. The number of aliphatic hydroxyl groups is 3. The molecule has 15 nitrogen and oxygen atoms in total. The van der Waals surface area contributed by atoms with E-state index in [1.807, 2.05) is 24.3 Å². The fourth-order valence-corrected chi connectivity index (χ4v) is 4.39. The van der Waals surface area contributed by atoms with Crippen molar-refractivity contribution in [2.24, 2.45) is 0 Å². The van der Waals surface area contributed by atoms with Gasteiger partial charge in [-0.2, -0.15) is 9.97 Å². The van der Waals surface area contributed by atoms with Crippen molar-refractivity contribution in [1.82, 2.24) is 15.4 Å². The number of carbonyl (C=O) groups excluding carboxylic acids is 1. The number of hydrogen-bond donors (Lipinski definition) is 7. The molecule has 0 radical (unpaired) electrons. The van der Waals surface area contributed by atoms with Gasteiger partial charge in [0, 0.05) is 19.4 Å². The number of hydrazine groups is 1. The molecular formula is C24H36ClN7O8. The average molecular weight is 586 g/mol. The van der Waals surface area contributed by atoms with Crippen LogP contribution in [-0.2, 0) is 27.2 Å². The summed E-state index contributed by atoms with van der Waals surface area (Å²) < 4.78 is 5.70. The number of aryl methyl sites for hydroxylation is 1. The molecule has 222 valence electrons. The summed E-state index contributed by atoms with van der Waals surface area (Å²) in [7, 11) is 0. The van der Waals surface area contributed by atoms with E-state index in [0.717, 1.165) is 11.1 Å². The fourth-order valence-electron chi connectivity index (χ4n) is 4.39. The van der Waals surface area contributed by atoms with Gasteiger partial charge < -0.3 is 46.6 Å². The van der Waals surface area contributed by atoms with Crippen molar-refractivity contribution in [1.29, 1.82) is 0 Å². The number of ether oxygens (including phenoxy) is 1. The van der Waals surface area contributed by atoms with Gasteiger partial charge in [-0.1, -0.05) is 31.2 Å². The highest BCUT2D eigenvalue weighted by Crippen LogP contribution is 2.41. The van der Waals surface area contributed by atoms with Gasteiger partial charge in [0.25, 0.3) is 0 Å². The van der Waals surface area contributed by atoms with Crippen LogP contribution in [0.15, 0.2) is 24.3 Å². The normalized spacial score (nSPS) is 21.3. The summed E-state index contributed by atoms with van der Waals surface area (Å²) in [6.45, 7) is 1.71. The fraction of sp³-hybridized carbons (Fsp3) is 0.500. The number of fused-ring (bicyclic) bond motifs is 1. The summed E-state index contributed by atoms with van der Waals surface area (Å²) in [6.07, 6.45) is -3.27. The summed E-state index contributed by atoms with van der Waals surface area (Å²) in [5.74, 6) is -0.506. The molecule has 4 atom stereocenters. The molecule has 0 bridgehead atoms. The highest BCUT2D eigenvalue weighted by molar-refractivity contribution is 5.86. The molecule has 2 aliphatic rings. The molecule has 16 heteroatoms. The zero-order valence-corrected chi connectivity index (χ0v) is 22.7. The molecule has 2 unspecified atom stereocenters. The Morgan fingerprint density at radius 1 is 1.12 bits per heavy atom. The van der Waals surface area contributed by atoms with Gasteiger partial charge in [-0.15, -0.1) is 12.4 Å². The van der Waals surface area contributed by atoms with E-state index in [4.69, 9.17) is 15.6 Å². The number of benzene rings is 1. The van der Waals surface area contributed by atoms with Crippen LogP contribution in [0.5, 0.6) is 0 Å².